The summed E-state index contributed by atoms with van der Waals surface area (Å²) in [4.78, 5) is 10.9. The first-order chi connectivity index (χ1) is 10.2. The topological polar surface area (TPSA) is 37.3 Å². The molecule has 0 bridgehead atoms. The van der Waals surface area contributed by atoms with E-state index < -0.39 is 5.97 Å². The third-order valence-electron chi connectivity index (χ3n) is 6.87. The zero-order valence-corrected chi connectivity index (χ0v) is 14.9. The van der Waals surface area contributed by atoms with E-state index in [1.807, 2.05) is 0 Å². The van der Waals surface area contributed by atoms with Crippen molar-refractivity contribution >= 4 is 5.97 Å². The zero-order valence-electron chi connectivity index (χ0n) is 14.9. The fourth-order valence-corrected chi connectivity index (χ4v) is 4.77. The van der Waals surface area contributed by atoms with Crippen LogP contribution in [0.4, 0.5) is 0 Å². The van der Waals surface area contributed by atoms with Crippen molar-refractivity contribution in [1.82, 2.24) is 0 Å². The highest BCUT2D eigenvalue weighted by Crippen LogP contribution is 2.60. The summed E-state index contributed by atoms with van der Waals surface area (Å²) in [5, 5.41) is 8.98. The first-order valence-electron chi connectivity index (χ1n) is 8.77. The second-order valence-electron chi connectivity index (χ2n) is 8.32. The van der Waals surface area contributed by atoms with Crippen LogP contribution in [0, 0.1) is 28.6 Å². The van der Waals surface area contributed by atoms with Crippen LogP contribution >= 0.6 is 0 Å². The molecule has 2 heteroatoms. The second kappa shape index (κ2) is 6.22. The number of carbonyl (C=O) groups is 1. The van der Waals surface area contributed by atoms with Crippen LogP contribution in [0.15, 0.2) is 23.8 Å². The number of hydrogen-bond donors (Lipinski definition) is 1. The first kappa shape index (κ1) is 17.3. The van der Waals surface area contributed by atoms with E-state index in [2.05, 4.69) is 52.8 Å². The highest BCUT2D eigenvalue weighted by atomic mass is 16.4. The van der Waals surface area contributed by atoms with Gasteiger partial charge in [-0.2, -0.15) is 0 Å². The Bertz CT molecular complexity index is 490. The summed E-state index contributed by atoms with van der Waals surface area (Å²) in [7, 11) is 0. The predicted molar refractivity (Wildman–Crippen MR) is 91.6 cm³/mol. The molecular weight excluding hydrogens is 272 g/mol. The molecular formula is C20H32O2. The molecule has 0 aromatic rings. The maximum Gasteiger partial charge on any atom is 0.303 e. The van der Waals surface area contributed by atoms with Crippen LogP contribution in [-0.2, 0) is 4.79 Å². The summed E-state index contributed by atoms with van der Waals surface area (Å²) in [5.41, 5.74) is 2.06. The predicted octanol–water partition coefficient (Wildman–Crippen LogP) is 5.45. The first-order valence-corrected chi connectivity index (χ1v) is 8.77. The fraction of sp³-hybridized carbons (Fsp3) is 0.750. The Morgan fingerprint density at radius 1 is 1.45 bits per heavy atom. The summed E-state index contributed by atoms with van der Waals surface area (Å²) in [6.07, 6.45) is 11.9. The quantitative estimate of drug-likeness (QED) is 0.733. The lowest BCUT2D eigenvalue weighted by molar-refractivity contribution is -0.138. The highest BCUT2D eigenvalue weighted by Gasteiger charge is 2.51. The number of hydrogen-bond acceptors (Lipinski definition) is 1. The van der Waals surface area contributed by atoms with Gasteiger partial charge in [-0.3, -0.25) is 4.79 Å². The molecule has 0 saturated heterocycles. The van der Waals surface area contributed by atoms with Crippen molar-refractivity contribution < 1.29 is 9.90 Å². The number of rotatable bonds is 5. The van der Waals surface area contributed by atoms with Crippen LogP contribution in [0.25, 0.3) is 0 Å². The van der Waals surface area contributed by atoms with Gasteiger partial charge in [-0.15, -0.1) is 0 Å². The van der Waals surface area contributed by atoms with E-state index in [0.29, 0.717) is 18.3 Å². The maximum absolute atomic E-state index is 10.9. The van der Waals surface area contributed by atoms with Gasteiger partial charge in [-0.05, 0) is 61.2 Å². The lowest BCUT2D eigenvalue weighted by Gasteiger charge is -2.56. The number of allylic oxidation sites excluding steroid dienone is 4. The molecule has 1 saturated carbocycles. The zero-order chi connectivity index (χ0) is 16.5. The van der Waals surface area contributed by atoms with Gasteiger partial charge in [0.1, 0.15) is 0 Å². The van der Waals surface area contributed by atoms with E-state index in [9.17, 15) is 4.79 Å². The Kier molecular flexibility index (Phi) is 4.89. The monoisotopic (exact) mass is 304 g/mol. The van der Waals surface area contributed by atoms with Gasteiger partial charge < -0.3 is 5.11 Å². The van der Waals surface area contributed by atoms with Crippen LogP contribution < -0.4 is 0 Å². The molecule has 0 aromatic heterocycles. The van der Waals surface area contributed by atoms with Crippen molar-refractivity contribution in [3.8, 4) is 0 Å². The Labute approximate surface area is 135 Å². The van der Waals surface area contributed by atoms with E-state index in [1.54, 1.807) is 0 Å². The van der Waals surface area contributed by atoms with E-state index in [0.717, 1.165) is 12.8 Å². The average Bonchev–Trinajstić information content (AvgIpc) is 2.43. The minimum Gasteiger partial charge on any atom is -0.481 e. The maximum atomic E-state index is 10.9. The molecule has 0 unspecified atom stereocenters. The standard InChI is InChI=1S/C20H32O2/c1-14(13-18(21)22)9-11-19(4)16(3)10-12-20(5)15(2)7-6-8-17(19)20/h6-8,14,16-17H,9-13H2,1-5H3,(H,21,22)/t14-,16+,17+,19-,20-/m0/s1. The van der Waals surface area contributed by atoms with Gasteiger partial charge in [0.05, 0.1) is 0 Å². The summed E-state index contributed by atoms with van der Waals surface area (Å²) in [5.74, 6) is 0.860. The Morgan fingerprint density at radius 3 is 2.77 bits per heavy atom. The summed E-state index contributed by atoms with van der Waals surface area (Å²) < 4.78 is 0. The van der Waals surface area contributed by atoms with Gasteiger partial charge in [0.15, 0.2) is 0 Å². The smallest absolute Gasteiger partial charge is 0.303 e. The van der Waals surface area contributed by atoms with Crippen molar-refractivity contribution in [3.05, 3.63) is 23.8 Å². The van der Waals surface area contributed by atoms with Crippen LogP contribution in [0.5, 0.6) is 0 Å². The second-order valence-corrected chi connectivity index (χ2v) is 8.32. The normalized spacial score (nSPS) is 39.0. The highest BCUT2D eigenvalue weighted by molar-refractivity contribution is 5.66. The molecule has 22 heavy (non-hydrogen) atoms. The molecule has 5 atom stereocenters. The molecule has 1 fully saturated rings. The SMILES string of the molecule is CC1=CC=C[C@@H]2[C@@](C)(CC[C@H](C)CC(=O)O)[C@H](C)CC[C@@]12C. The summed E-state index contributed by atoms with van der Waals surface area (Å²) in [6, 6.07) is 0. The minimum atomic E-state index is -0.671. The van der Waals surface area contributed by atoms with Crippen LogP contribution in [-0.4, -0.2) is 11.1 Å². The van der Waals surface area contributed by atoms with Crippen LogP contribution in [0.3, 0.4) is 0 Å². The van der Waals surface area contributed by atoms with E-state index in [1.165, 1.54) is 18.4 Å². The van der Waals surface area contributed by atoms with Crippen molar-refractivity contribution in [2.75, 3.05) is 0 Å². The number of carboxylic acid groups (broad SMARTS) is 1. The molecule has 2 rings (SSSR count). The molecule has 1 N–H and O–H groups in total. The molecule has 0 heterocycles. The van der Waals surface area contributed by atoms with Gasteiger partial charge >= 0.3 is 5.97 Å². The Morgan fingerprint density at radius 2 is 2.14 bits per heavy atom. The van der Waals surface area contributed by atoms with E-state index in [4.69, 9.17) is 5.11 Å². The molecule has 2 nitrogen and oxygen atoms in total. The van der Waals surface area contributed by atoms with E-state index in [-0.39, 0.29) is 16.7 Å². The Hall–Kier alpha value is -1.05. The van der Waals surface area contributed by atoms with Crippen molar-refractivity contribution in [1.29, 1.82) is 0 Å². The molecule has 124 valence electrons. The lowest BCUT2D eigenvalue weighted by atomic mass is 9.48. The summed E-state index contributed by atoms with van der Waals surface area (Å²) in [6.45, 7) is 11.6. The minimum absolute atomic E-state index is 0.263. The number of carboxylic acids is 1. The largest absolute Gasteiger partial charge is 0.481 e. The van der Waals surface area contributed by atoms with Gasteiger partial charge in [-0.25, -0.2) is 0 Å². The van der Waals surface area contributed by atoms with Crippen LogP contribution in [0.2, 0.25) is 0 Å². The Balaban J connectivity index is 2.17. The van der Waals surface area contributed by atoms with Gasteiger partial charge in [0.2, 0.25) is 0 Å². The molecule has 0 radical (unpaired) electrons. The van der Waals surface area contributed by atoms with E-state index >= 15 is 0 Å². The molecule has 0 spiro atoms. The number of fused-ring (bicyclic) bond motifs is 1. The molecule has 2 aliphatic carbocycles. The van der Waals surface area contributed by atoms with Crippen LogP contribution in [0.1, 0.15) is 66.7 Å². The van der Waals surface area contributed by atoms with Crippen molar-refractivity contribution in [2.45, 2.75) is 66.7 Å². The molecule has 0 amide bonds. The lowest BCUT2D eigenvalue weighted by Crippen LogP contribution is -2.48. The van der Waals surface area contributed by atoms with Gasteiger partial charge in [0, 0.05) is 6.42 Å². The average molecular weight is 304 g/mol. The van der Waals surface area contributed by atoms with Crippen molar-refractivity contribution in [3.63, 3.8) is 0 Å². The fourth-order valence-electron chi connectivity index (χ4n) is 4.77. The number of aliphatic carboxylic acids is 1. The molecule has 2 aliphatic rings. The third kappa shape index (κ3) is 3.02. The van der Waals surface area contributed by atoms with Crippen molar-refractivity contribution in [2.24, 2.45) is 28.6 Å². The van der Waals surface area contributed by atoms with Gasteiger partial charge in [0.25, 0.3) is 0 Å². The van der Waals surface area contributed by atoms with Gasteiger partial charge in [-0.1, -0.05) is 51.5 Å². The molecule has 0 aromatic carbocycles. The molecule has 0 aliphatic heterocycles. The third-order valence-corrected chi connectivity index (χ3v) is 6.87. The summed E-state index contributed by atoms with van der Waals surface area (Å²) >= 11 is 0.